The van der Waals surface area contributed by atoms with Crippen LogP contribution in [0.4, 0.5) is 14.5 Å². The second kappa shape index (κ2) is 6.50. The molecule has 0 saturated heterocycles. The number of nitrogens with zero attached hydrogens (tertiary/aromatic N) is 3. The van der Waals surface area contributed by atoms with Gasteiger partial charge in [0.25, 0.3) is 0 Å². The van der Waals surface area contributed by atoms with Crippen molar-refractivity contribution in [2.24, 2.45) is 0 Å². The van der Waals surface area contributed by atoms with Gasteiger partial charge in [-0.1, -0.05) is 35.9 Å². The molecule has 26 heavy (non-hydrogen) atoms. The minimum absolute atomic E-state index is 0.164. The Morgan fingerprint density at radius 3 is 2.73 bits per heavy atom. The lowest BCUT2D eigenvalue weighted by Crippen LogP contribution is -2.23. The van der Waals surface area contributed by atoms with Crippen LogP contribution >= 0.6 is 11.6 Å². The lowest BCUT2D eigenvalue weighted by atomic mass is 10.0. The number of benzene rings is 2. The number of fused-ring (bicyclic) bond motifs is 1. The maximum atomic E-state index is 14.1. The van der Waals surface area contributed by atoms with Crippen LogP contribution in [0.1, 0.15) is 23.7 Å². The molecular weight excluding hydrogens is 360 g/mol. The molecule has 1 heterocycles. The number of hydrogen-bond donors (Lipinski definition) is 0. The first kappa shape index (κ1) is 18.0. The van der Waals surface area contributed by atoms with E-state index in [1.807, 2.05) is 0 Å². The van der Waals surface area contributed by atoms with Gasteiger partial charge in [0.2, 0.25) is 5.78 Å². The van der Waals surface area contributed by atoms with Crippen LogP contribution in [-0.2, 0) is 17.3 Å². The molecule has 0 bridgehead atoms. The van der Waals surface area contributed by atoms with E-state index in [1.54, 1.807) is 25.1 Å². The summed E-state index contributed by atoms with van der Waals surface area (Å²) >= 11 is 6.21. The van der Waals surface area contributed by atoms with Crippen LogP contribution in [0.2, 0.25) is 5.02 Å². The number of carbonyl (C=O) groups is 1. The van der Waals surface area contributed by atoms with Gasteiger partial charge in [-0.05, 0) is 24.6 Å². The lowest BCUT2D eigenvalue weighted by Gasteiger charge is -2.14. The van der Waals surface area contributed by atoms with Gasteiger partial charge in [0.1, 0.15) is 0 Å². The molecule has 0 aliphatic carbocycles. The molecule has 0 aliphatic rings. The molecule has 132 valence electrons. The van der Waals surface area contributed by atoms with Crippen molar-refractivity contribution in [1.82, 2.24) is 9.78 Å². The van der Waals surface area contributed by atoms with Gasteiger partial charge >= 0.3 is 5.92 Å². The van der Waals surface area contributed by atoms with Crippen molar-refractivity contribution in [3.63, 3.8) is 0 Å². The number of rotatable bonds is 4. The fourth-order valence-corrected chi connectivity index (χ4v) is 3.05. The topological polar surface area (TPSA) is 39.2 Å². The molecule has 0 radical (unpaired) electrons. The molecule has 0 atom stereocenters. The number of ketones is 1. The maximum absolute atomic E-state index is 14.1. The van der Waals surface area contributed by atoms with Gasteiger partial charge in [0.15, 0.2) is 5.69 Å². The van der Waals surface area contributed by atoms with E-state index in [9.17, 15) is 13.6 Å². The van der Waals surface area contributed by atoms with Gasteiger partial charge < -0.3 is 0 Å². The van der Waals surface area contributed by atoms with E-state index >= 15 is 0 Å². The second-order valence-corrected chi connectivity index (χ2v) is 6.36. The van der Waals surface area contributed by atoms with E-state index in [4.69, 9.17) is 18.2 Å². The zero-order valence-corrected chi connectivity index (χ0v) is 14.8. The van der Waals surface area contributed by atoms with Crippen LogP contribution in [0.15, 0.2) is 36.4 Å². The van der Waals surface area contributed by atoms with Crippen LogP contribution in [0, 0.1) is 13.5 Å². The van der Waals surface area contributed by atoms with Crippen molar-refractivity contribution in [3.8, 4) is 0 Å². The number of halogens is 3. The third-order valence-electron chi connectivity index (χ3n) is 4.26. The van der Waals surface area contributed by atoms with E-state index < -0.39 is 11.7 Å². The van der Waals surface area contributed by atoms with E-state index in [0.29, 0.717) is 32.9 Å². The Labute approximate surface area is 153 Å². The fourth-order valence-electron chi connectivity index (χ4n) is 2.82. The summed E-state index contributed by atoms with van der Waals surface area (Å²) in [6.45, 7) is 10.1. The molecule has 2 aromatic carbocycles. The molecule has 0 N–H and O–H groups in total. The van der Waals surface area contributed by atoms with E-state index in [-0.39, 0.29) is 12.1 Å². The lowest BCUT2D eigenvalue weighted by molar-refractivity contribution is -0.141. The number of hydrogen-bond acceptors (Lipinski definition) is 2. The van der Waals surface area contributed by atoms with Crippen molar-refractivity contribution >= 4 is 34.0 Å². The van der Waals surface area contributed by atoms with Crippen molar-refractivity contribution in [3.05, 3.63) is 69.7 Å². The third-order valence-corrected chi connectivity index (χ3v) is 4.62. The first-order chi connectivity index (χ1) is 12.3. The summed E-state index contributed by atoms with van der Waals surface area (Å²) in [5, 5.41) is 5.50. The molecule has 0 fully saturated rings. The minimum Gasteiger partial charge on any atom is -0.293 e. The Hall–Kier alpha value is -2.78. The van der Waals surface area contributed by atoms with Crippen LogP contribution in [0.3, 0.4) is 0 Å². The highest BCUT2D eigenvalue weighted by atomic mass is 35.5. The molecule has 7 heteroatoms. The molecule has 3 rings (SSSR count). The normalized spacial score (nSPS) is 11.5. The Bertz CT molecular complexity index is 1070. The van der Waals surface area contributed by atoms with Crippen LogP contribution in [-0.4, -0.2) is 15.6 Å². The average Bonchev–Trinajstić information content (AvgIpc) is 2.92. The van der Waals surface area contributed by atoms with Gasteiger partial charge in [-0.25, -0.2) is 4.85 Å². The number of carbonyl (C=O) groups excluding carboxylic acids is 1. The molecule has 0 amide bonds. The zero-order chi connectivity index (χ0) is 19.1. The number of alkyl halides is 2. The Kier molecular flexibility index (Phi) is 4.51. The molecule has 0 saturated carbocycles. The molecule has 4 nitrogen and oxygen atoms in total. The number of aromatic nitrogens is 2. The molecule has 0 aliphatic heterocycles. The van der Waals surface area contributed by atoms with Crippen molar-refractivity contribution in [2.45, 2.75) is 26.3 Å². The van der Waals surface area contributed by atoms with E-state index in [1.165, 1.54) is 22.9 Å². The largest absolute Gasteiger partial charge is 0.330 e. The smallest absolute Gasteiger partial charge is 0.293 e. The summed E-state index contributed by atoms with van der Waals surface area (Å²) in [7, 11) is 0. The van der Waals surface area contributed by atoms with Crippen molar-refractivity contribution in [1.29, 1.82) is 0 Å². The molecular formula is C19H14ClF2N3O. The Morgan fingerprint density at radius 1 is 1.35 bits per heavy atom. The summed E-state index contributed by atoms with van der Waals surface area (Å²) in [5.41, 5.74) is 1.68. The summed E-state index contributed by atoms with van der Waals surface area (Å²) < 4.78 is 29.8. The summed E-state index contributed by atoms with van der Waals surface area (Å²) in [5.74, 6) is -4.79. The molecule has 0 unspecified atom stereocenters. The SMILES string of the molecule is [C-]#[N+]c1cccc(Cl)c1Cn1nc(C)c2ccc(C(F)(F)C(C)=O)cc21. The summed E-state index contributed by atoms with van der Waals surface area (Å²) in [4.78, 5) is 14.7. The van der Waals surface area contributed by atoms with Crippen molar-refractivity contribution in [2.75, 3.05) is 0 Å². The molecule has 3 aromatic rings. The maximum Gasteiger partial charge on any atom is 0.330 e. The Morgan fingerprint density at radius 2 is 2.08 bits per heavy atom. The monoisotopic (exact) mass is 373 g/mol. The highest BCUT2D eigenvalue weighted by Crippen LogP contribution is 2.33. The van der Waals surface area contributed by atoms with Crippen LogP contribution in [0.5, 0.6) is 0 Å². The first-order valence-corrected chi connectivity index (χ1v) is 8.15. The zero-order valence-electron chi connectivity index (χ0n) is 14.1. The van der Waals surface area contributed by atoms with Crippen LogP contribution < -0.4 is 0 Å². The number of aryl methyl sites for hydroxylation is 1. The quantitative estimate of drug-likeness (QED) is 0.584. The average molecular weight is 374 g/mol. The van der Waals surface area contributed by atoms with Gasteiger partial charge in [-0.2, -0.15) is 13.9 Å². The summed E-state index contributed by atoms with van der Waals surface area (Å²) in [6, 6.07) is 9.02. The number of Topliss-reactive ketones (excluding diaryl/α,β-unsaturated/α-hetero) is 1. The predicted octanol–water partition coefficient (Wildman–Crippen LogP) is 5.28. The van der Waals surface area contributed by atoms with E-state index in [0.717, 1.165) is 6.92 Å². The van der Waals surface area contributed by atoms with Crippen LogP contribution in [0.25, 0.3) is 15.7 Å². The highest BCUT2D eigenvalue weighted by Gasteiger charge is 2.37. The first-order valence-electron chi connectivity index (χ1n) is 7.77. The van der Waals surface area contributed by atoms with Crippen molar-refractivity contribution < 1.29 is 13.6 Å². The Balaban J connectivity index is 2.16. The molecule has 0 spiro atoms. The summed E-state index contributed by atoms with van der Waals surface area (Å²) in [6.07, 6.45) is 0. The van der Waals surface area contributed by atoms with E-state index in [2.05, 4.69) is 9.94 Å². The van der Waals surface area contributed by atoms with Gasteiger partial charge in [-0.3, -0.25) is 9.48 Å². The second-order valence-electron chi connectivity index (χ2n) is 5.95. The standard InChI is InChI=1S/C19H14ClF2N3O/c1-11-14-8-7-13(19(21,22)12(2)26)9-18(14)25(24-11)10-15-16(20)5-4-6-17(15)23-3/h4-9H,10H2,1-2H3. The molecule has 1 aromatic heterocycles. The van der Waals surface area contributed by atoms with Gasteiger partial charge in [-0.15, -0.1) is 0 Å². The minimum atomic E-state index is -3.57. The highest BCUT2D eigenvalue weighted by molar-refractivity contribution is 6.31. The fraction of sp³-hybridized carbons (Fsp3) is 0.211. The third kappa shape index (κ3) is 2.95. The van der Waals surface area contributed by atoms with Gasteiger partial charge in [0.05, 0.1) is 24.3 Å². The van der Waals surface area contributed by atoms with Gasteiger partial charge in [0, 0.05) is 22.9 Å². The predicted molar refractivity (Wildman–Crippen MR) is 95.9 cm³/mol.